The molecule has 0 bridgehead atoms. The second kappa shape index (κ2) is 5.75. The lowest BCUT2D eigenvalue weighted by molar-refractivity contribution is 0.309. The maximum absolute atomic E-state index is 5.57. The van der Waals surface area contributed by atoms with E-state index in [1.54, 1.807) is 11.3 Å². The molecule has 0 aliphatic carbocycles. The zero-order valence-electron chi connectivity index (χ0n) is 9.98. The molecule has 2 N–H and O–H groups in total. The average molecular weight is 239 g/mol. The van der Waals surface area contributed by atoms with E-state index in [-0.39, 0.29) is 0 Å². The molecule has 1 unspecified atom stereocenters. The van der Waals surface area contributed by atoms with Gasteiger partial charge in [0.15, 0.2) is 0 Å². The van der Waals surface area contributed by atoms with Crippen LogP contribution in [0, 0.1) is 5.92 Å². The maximum Gasteiger partial charge on any atom is 0.106 e. The summed E-state index contributed by atoms with van der Waals surface area (Å²) in [7, 11) is 0. The monoisotopic (exact) mass is 239 g/mol. The van der Waals surface area contributed by atoms with E-state index in [4.69, 9.17) is 5.73 Å². The second-order valence-corrected chi connectivity index (χ2v) is 5.56. The van der Waals surface area contributed by atoms with Crippen LogP contribution in [0.5, 0.6) is 0 Å². The van der Waals surface area contributed by atoms with Crippen LogP contribution in [-0.4, -0.2) is 23.0 Å². The summed E-state index contributed by atoms with van der Waals surface area (Å²) in [5.74, 6) is 0.914. The third-order valence-corrected chi connectivity index (χ3v) is 4.15. The molecule has 0 amide bonds. The van der Waals surface area contributed by atoms with E-state index in [0.29, 0.717) is 6.54 Å². The molecule has 1 aromatic rings. The summed E-state index contributed by atoms with van der Waals surface area (Å²) in [6.45, 7) is 6.35. The number of nitrogens with zero attached hydrogens (tertiary/aromatic N) is 2. The Morgan fingerprint density at radius 3 is 3.19 bits per heavy atom. The summed E-state index contributed by atoms with van der Waals surface area (Å²) in [5.41, 5.74) is 6.76. The van der Waals surface area contributed by atoms with E-state index in [2.05, 4.69) is 22.2 Å². The Morgan fingerprint density at radius 1 is 1.62 bits per heavy atom. The molecule has 1 atom stereocenters. The smallest absolute Gasteiger partial charge is 0.106 e. The lowest BCUT2D eigenvalue weighted by Crippen LogP contribution is -2.20. The molecule has 0 radical (unpaired) electrons. The van der Waals surface area contributed by atoms with Crippen molar-refractivity contribution in [3.05, 3.63) is 16.1 Å². The van der Waals surface area contributed by atoms with Crippen molar-refractivity contribution in [3.63, 3.8) is 0 Å². The van der Waals surface area contributed by atoms with Crippen LogP contribution in [0.1, 0.15) is 36.9 Å². The highest BCUT2D eigenvalue weighted by molar-refractivity contribution is 7.09. The minimum absolute atomic E-state index is 0.573. The highest BCUT2D eigenvalue weighted by atomic mass is 32.1. The predicted octanol–water partition coefficient (Wildman–Crippen LogP) is 2.22. The Morgan fingerprint density at radius 2 is 2.50 bits per heavy atom. The summed E-state index contributed by atoms with van der Waals surface area (Å²) in [6, 6.07) is 0. The van der Waals surface area contributed by atoms with Crippen molar-refractivity contribution >= 4 is 11.3 Å². The standard InChI is InChI=1S/C12H21N3S/c1-2-3-10-4-5-15(7-10)8-11-9-16-12(6-13)14-11/h9-10H,2-8,13H2,1H3. The van der Waals surface area contributed by atoms with E-state index in [1.807, 2.05) is 0 Å². The topological polar surface area (TPSA) is 42.1 Å². The number of rotatable bonds is 5. The molecule has 0 aromatic carbocycles. The van der Waals surface area contributed by atoms with Crippen molar-refractivity contribution in [2.45, 2.75) is 39.3 Å². The van der Waals surface area contributed by atoms with Crippen LogP contribution in [-0.2, 0) is 13.1 Å². The predicted molar refractivity (Wildman–Crippen MR) is 68.3 cm³/mol. The SMILES string of the molecule is CCCC1CCN(Cc2csc(CN)n2)C1. The normalized spacial score (nSPS) is 21.8. The second-order valence-electron chi connectivity index (χ2n) is 4.62. The van der Waals surface area contributed by atoms with Gasteiger partial charge in [0.05, 0.1) is 5.69 Å². The fourth-order valence-corrected chi connectivity index (χ4v) is 3.11. The molecule has 90 valence electrons. The Labute approximate surface area is 102 Å². The van der Waals surface area contributed by atoms with Gasteiger partial charge in [-0.3, -0.25) is 4.90 Å². The highest BCUT2D eigenvalue weighted by Gasteiger charge is 2.21. The molecule has 0 spiro atoms. The first kappa shape index (κ1) is 12.0. The maximum atomic E-state index is 5.57. The third-order valence-electron chi connectivity index (χ3n) is 3.23. The van der Waals surface area contributed by atoms with E-state index in [1.165, 1.54) is 38.0 Å². The van der Waals surface area contributed by atoms with Gasteiger partial charge in [-0.25, -0.2) is 4.98 Å². The summed E-state index contributed by atoms with van der Waals surface area (Å²) >= 11 is 1.68. The van der Waals surface area contributed by atoms with Crippen molar-refractivity contribution < 1.29 is 0 Å². The van der Waals surface area contributed by atoms with Gasteiger partial charge >= 0.3 is 0 Å². The molecular formula is C12H21N3S. The van der Waals surface area contributed by atoms with E-state index in [9.17, 15) is 0 Å². The zero-order chi connectivity index (χ0) is 11.4. The molecule has 0 saturated carbocycles. The van der Waals surface area contributed by atoms with Gasteiger partial charge in [0.25, 0.3) is 0 Å². The summed E-state index contributed by atoms with van der Waals surface area (Å²) in [4.78, 5) is 7.04. The average Bonchev–Trinajstić information content (AvgIpc) is 2.89. The van der Waals surface area contributed by atoms with Crippen LogP contribution >= 0.6 is 11.3 Å². The van der Waals surface area contributed by atoms with Crippen LogP contribution in [0.15, 0.2) is 5.38 Å². The fourth-order valence-electron chi connectivity index (χ4n) is 2.44. The largest absolute Gasteiger partial charge is 0.325 e. The molecule has 3 nitrogen and oxygen atoms in total. The Bertz CT molecular complexity index is 324. The van der Waals surface area contributed by atoms with Crippen molar-refractivity contribution in [3.8, 4) is 0 Å². The fraction of sp³-hybridized carbons (Fsp3) is 0.750. The van der Waals surface area contributed by atoms with E-state index >= 15 is 0 Å². The van der Waals surface area contributed by atoms with Gasteiger partial charge in [-0.15, -0.1) is 11.3 Å². The summed E-state index contributed by atoms with van der Waals surface area (Å²) < 4.78 is 0. The minimum atomic E-state index is 0.573. The first-order chi connectivity index (χ1) is 7.81. The molecule has 1 fully saturated rings. The number of nitrogens with two attached hydrogens (primary N) is 1. The van der Waals surface area contributed by atoms with Crippen molar-refractivity contribution in [1.29, 1.82) is 0 Å². The van der Waals surface area contributed by atoms with Crippen LogP contribution in [0.25, 0.3) is 0 Å². The van der Waals surface area contributed by atoms with Crippen molar-refractivity contribution in [2.24, 2.45) is 11.7 Å². The van der Waals surface area contributed by atoms with Crippen LogP contribution in [0.3, 0.4) is 0 Å². The lowest BCUT2D eigenvalue weighted by Gasteiger charge is -2.14. The quantitative estimate of drug-likeness (QED) is 0.856. The zero-order valence-corrected chi connectivity index (χ0v) is 10.8. The lowest BCUT2D eigenvalue weighted by atomic mass is 10.0. The molecule has 1 saturated heterocycles. The van der Waals surface area contributed by atoms with Crippen molar-refractivity contribution in [2.75, 3.05) is 13.1 Å². The van der Waals surface area contributed by atoms with Crippen LogP contribution < -0.4 is 5.73 Å². The van der Waals surface area contributed by atoms with E-state index in [0.717, 1.165) is 17.5 Å². The van der Waals surface area contributed by atoms with Gasteiger partial charge in [-0.1, -0.05) is 13.3 Å². The first-order valence-electron chi connectivity index (χ1n) is 6.17. The molecular weight excluding hydrogens is 218 g/mol. The molecule has 16 heavy (non-hydrogen) atoms. The first-order valence-corrected chi connectivity index (χ1v) is 7.05. The van der Waals surface area contributed by atoms with E-state index < -0.39 is 0 Å². The van der Waals surface area contributed by atoms with Gasteiger partial charge in [-0.05, 0) is 25.3 Å². The van der Waals surface area contributed by atoms with Crippen LogP contribution in [0.2, 0.25) is 0 Å². The molecule has 2 rings (SSSR count). The molecule has 2 heterocycles. The number of hydrogen-bond acceptors (Lipinski definition) is 4. The number of aromatic nitrogens is 1. The molecule has 1 aliphatic rings. The summed E-state index contributed by atoms with van der Waals surface area (Å²) in [6.07, 6.45) is 4.05. The number of likely N-dealkylation sites (tertiary alicyclic amines) is 1. The number of hydrogen-bond donors (Lipinski definition) is 1. The Balaban J connectivity index is 1.82. The van der Waals surface area contributed by atoms with Gasteiger partial charge in [0.2, 0.25) is 0 Å². The van der Waals surface area contributed by atoms with Gasteiger partial charge in [0, 0.05) is 25.0 Å². The number of thiazole rings is 1. The van der Waals surface area contributed by atoms with Crippen molar-refractivity contribution in [1.82, 2.24) is 9.88 Å². The van der Waals surface area contributed by atoms with Gasteiger partial charge in [0.1, 0.15) is 5.01 Å². The van der Waals surface area contributed by atoms with Gasteiger partial charge < -0.3 is 5.73 Å². The molecule has 4 heteroatoms. The highest BCUT2D eigenvalue weighted by Crippen LogP contribution is 2.22. The van der Waals surface area contributed by atoms with Gasteiger partial charge in [-0.2, -0.15) is 0 Å². The van der Waals surface area contributed by atoms with Crippen LogP contribution in [0.4, 0.5) is 0 Å². The minimum Gasteiger partial charge on any atom is -0.325 e. The Kier molecular flexibility index (Phi) is 4.32. The summed E-state index contributed by atoms with van der Waals surface area (Å²) in [5, 5.41) is 3.20. The molecule has 1 aromatic heterocycles. The third kappa shape index (κ3) is 3.03. The molecule has 1 aliphatic heterocycles. The Hall–Kier alpha value is -0.450.